The number of nitrogens with zero attached hydrogens (tertiary/aromatic N) is 3. The minimum absolute atomic E-state index is 0.291. The molecule has 2 heterocycles. The van der Waals surface area contributed by atoms with Crippen LogP contribution in [0.15, 0.2) is 6.33 Å². The first-order valence-electron chi connectivity index (χ1n) is 8.42. The molecule has 0 aliphatic heterocycles. The van der Waals surface area contributed by atoms with Gasteiger partial charge < -0.3 is 10.1 Å². The molecule has 0 aliphatic carbocycles. The van der Waals surface area contributed by atoms with Crippen LogP contribution in [-0.2, 0) is 4.74 Å². The van der Waals surface area contributed by atoms with Crippen LogP contribution in [0.5, 0.6) is 0 Å². The second-order valence-corrected chi connectivity index (χ2v) is 6.63. The van der Waals surface area contributed by atoms with Crippen molar-refractivity contribution in [1.82, 2.24) is 14.9 Å². The molecule has 0 fully saturated rings. The molecule has 0 aliphatic rings. The number of carbonyl (C=O) groups excluding carboxylic acids is 1. The van der Waals surface area contributed by atoms with Gasteiger partial charge in [-0.2, -0.15) is 0 Å². The molecule has 0 radical (unpaired) electrons. The number of anilines is 1. The fourth-order valence-electron chi connectivity index (χ4n) is 2.82. The Hall–Kier alpha value is -1.73. The summed E-state index contributed by atoms with van der Waals surface area (Å²) in [6.07, 6.45) is 1.54. The number of carbonyl (C=O) groups is 1. The van der Waals surface area contributed by atoms with Gasteiger partial charge in [-0.1, -0.05) is 13.8 Å². The number of aryl methyl sites for hydroxylation is 1. The first-order chi connectivity index (χ1) is 11.5. The maximum atomic E-state index is 12.1. The molecule has 6 nitrogen and oxygen atoms in total. The number of hydrogen-bond donors (Lipinski definition) is 1. The van der Waals surface area contributed by atoms with E-state index in [-0.39, 0.29) is 5.97 Å². The lowest BCUT2D eigenvalue weighted by molar-refractivity contribution is 0.0531. The van der Waals surface area contributed by atoms with Crippen LogP contribution in [-0.4, -0.2) is 53.1 Å². The van der Waals surface area contributed by atoms with Crippen LogP contribution in [0.4, 0.5) is 5.82 Å². The van der Waals surface area contributed by atoms with Gasteiger partial charge in [-0.05, 0) is 39.4 Å². The Labute approximate surface area is 147 Å². The Morgan fingerprint density at radius 1 is 1.33 bits per heavy atom. The van der Waals surface area contributed by atoms with Gasteiger partial charge in [0.15, 0.2) is 0 Å². The van der Waals surface area contributed by atoms with Crippen molar-refractivity contribution in [2.75, 3.05) is 31.6 Å². The zero-order valence-corrected chi connectivity index (χ0v) is 15.9. The van der Waals surface area contributed by atoms with E-state index < -0.39 is 0 Å². The highest BCUT2D eigenvalue weighted by Crippen LogP contribution is 2.33. The SMILES string of the molecule is CCOC(=O)c1sc2ncnc(NC[C@H](C)N(CC)CC)c2c1C. The van der Waals surface area contributed by atoms with E-state index in [9.17, 15) is 4.79 Å². The van der Waals surface area contributed by atoms with Gasteiger partial charge in [0, 0.05) is 12.6 Å². The lowest BCUT2D eigenvalue weighted by atomic mass is 10.2. The van der Waals surface area contributed by atoms with Crippen molar-refractivity contribution < 1.29 is 9.53 Å². The normalized spacial score (nSPS) is 12.6. The first-order valence-corrected chi connectivity index (χ1v) is 9.24. The van der Waals surface area contributed by atoms with Crippen LogP contribution in [0.3, 0.4) is 0 Å². The van der Waals surface area contributed by atoms with Crippen molar-refractivity contribution in [1.29, 1.82) is 0 Å². The van der Waals surface area contributed by atoms with Gasteiger partial charge in [-0.25, -0.2) is 14.8 Å². The smallest absolute Gasteiger partial charge is 0.348 e. The molecule has 7 heteroatoms. The van der Waals surface area contributed by atoms with E-state index >= 15 is 0 Å². The Kier molecular flexibility index (Phi) is 6.51. The van der Waals surface area contributed by atoms with Crippen molar-refractivity contribution in [2.24, 2.45) is 0 Å². The fraction of sp³-hybridized carbons (Fsp3) is 0.588. The highest BCUT2D eigenvalue weighted by atomic mass is 32.1. The minimum atomic E-state index is -0.291. The van der Waals surface area contributed by atoms with Gasteiger partial charge >= 0.3 is 5.97 Å². The van der Waals surface area contributed by atoms with Gasteiger partial charge in [0.05, 0.1) is 12.0 Å². The number of ether oxygens (including phenoxy) is 1. The molecule has 1 atom stereocenters. The van der Waals surface area contributed by atoms with Crippen molar-refractivity contribution in [2.45, 2.75) is 40.7 Å². The summed E-state index contributed by atoms with van der Waals surface area (Å²) in [5.74, 6) is 0.490. The van der Waals surface area contributed by atoms with E-state index in [1.807, 2.05) is 13.8 Å². The Bertz CT molecular complexity index is 697. The first kappa shape index (κ1) is 18.6. The highest BCUT2D eigenvalue weighted by molar-refractivity contribution is 7.20. The Morgan fingerprint density at radius 3 is 2.67 bits per heavy atom. The van der Waals surface area contributed by atoms with Gasteiger partial charge in [0.25, 0.3) is 0 Å². The number of hydrogen-bond acceptors (Lipinski definition) is 7. The summed E-state index contributed by atoms with van der Waals surface area (Å²) in [6, 6.07) is 0.397. The molecule has 0 saturated carbocycles. The third kappa shape index (κ3) is 3.84. The van der Waals surface area contributed by atoms with Crippen molar-refractivity contribution in [3.05, 3.63) is 16.8 Å². The van der Waals surface area contributed by atoms with Crippen LogP contribution < -0.4 is 5.32 Å². The Morgan fingerprint density at radius 2 is 2.04 bits per heavy atom. The summed E-state index contributed by atoms with van der Waals surface area (Å²) >= 11 is 1.36. The van der Waals surface area contributed by atoms with Crippen molar-refractivity contribution in [3.8, 4) is 0 Å². The van der Waals surface area contributed by atoms with Gasteiger partial charge in [-0.15, -0.1) is 11.3 Å². The third-order valence-electron chi connectivity index (χ3n) is 4.19. The summed E-state index contributed by atoms with van der Waals surface area (Å²) < 4.78 is 5.13. The lowest BCUT2D eigenvalue weighted by Crippen LogP contribution is -2.37. The van der Waals surface area contributed by atoms with E-state index in [1.165, 1.54) is 17.7 Å². The van der Waals surface area contributed by atoms with Crippen LogP contribution in [0.2, 0.25) is 0 Å². The average molecular weight is 350 g/mol. The van der Waals surface area contributed by atoms with Crippen LogP contribution >= 0.6 is 11.3 Å². The fourth-order valence-corrected chi connectivity index (χ4v) is 3.86. The van der Waals surface area contributed by atoms with E-state index in [0.717, 1.165) is 41.2 Å². The molecule has 0 spiro atoms. The summed E-state index contributed by atoms with van der Waals surface area (Å²) in [7, 11) is 0. The van der Waals surface area contributed by atoms with Crippen molar-refractivity contribution in [3.63, 3.8) is 0 Å². The zero-order chi connectivity index (χ0) is 17.7. The number of likely N-dealkylation sites (N-methyl/N-ethyl adjacent to an activating group) is 1. The number of esters is 1. The second-order valence-electron chi connectivity index (χ2n) is 5.63. The molecule has 0 amide bonds. The molecule has 0 bridgehead atoms. The molecule has 1 N–H and O–H groups in total. The van der Waals surface area contributed by atoms with E-state index in [2.05, 4.69) is 41.0 Å². The topological polar surface area (TPSA) is 67.3 Å². The quantitative estimate of drug-likeness (QED) is 0.737. The molecule has 2 aromatic rings. The summed E-state index contributed by atoms with van der Waals surface area (Å²) in [5.41, 5.74) is 0.882. The maximum Gasteiger partial charge on any atom is 0.348 e. The van der Waals surface area contributed by atoms with Crippen LogP contribution in [0, 0.1) is 6.92 Å². The molecule has 0 aromatic carbocycles. The monoisotopic (exact) mass is 350 g/mol. The standard InChI is InChI=1S/C17H26N4O2S/c1-6-21(7-2)11(4)9-18-15-13-12(5)14(17(22)23-8-3)24-16(13)20-10-19-15/h10-11H,6-9H2,1-5H3,(H,18,19,20)/t11-/m0/s1. The molecule has 2 aromatic heterocycles. The summed E-state index contributed by atoms with van der Waals surface area (Å²) in [5, 5.41) is 4.34. The largest absolute Gasteiger partial charge is 0.462 e. The number of aromatic nitrogens is 2. The minimum Gasteiger partial charge on any atom is -0.462 e. The number of fused-ring (bicyclic) bond motifs is 1. The molecule has 2 rings (SSSR count). The predicted octanol–water partition coefficient (Wildman–Crippen LogP) is 3.32. The van der Waals surface area contributed by atoms with E-state index in [0.29, 0.717) is 17.5 Å². The lowest BCUT2D eigenvalue weighted by Gasteiger charge is -2.26. The molecule has 24 heavy (non-hydrogen) atoms. The molecule has 0 saturated heterocycles. The molecule has 132 valence electrons. The second kappa shape index (κ2) is 8.39. The van der Waals surface area contributed by atoms with Gasteiger partial charge in [0.1, 0.15) is 21.9 Å². The highest BCUT2D eigenvalue weighted by Gasteiger charge is 2.20. The molecule has 0 unspecified atom stereocenters. The number of thiophene rings is 1. The maximum absolute atomic E-state index is 12.1. The average Bonchev–Trinajstić information content (AvgIpc) is 2.92. The molecular weight excluding hydrogens is 324 g/mol. The zero-order valence-electron chi connectivity index (χ0n) is 15.0. The molecular formula is C17H26N4O2S. The van der Waals surface area contributed by atoms with Gasteiger partial charge in [0.2, 0.25) is 0 Å². The number of nitrogens with one attached hydrogen (secondary N) is 1. The summed E-state index contributed by atoms with van der Waals surface area (Å²) in [6.45, 7) is 13.4. The van der Waals surface area contributed by atoms with Crippen molar-refractivity contribution >= 4 is 33.3 Å². The van der Waals surface area contributed by atoms with E-state index in [4.69, 9.17) is 4.74 Å². The van der Waals surface area contributed by atoms with Gasteiger partial charge in [-0.3, -0.25) is 4.90 Å². The van der Waals surface area contributed by atoms with Crippen LogP contribution in [0.1, 0.15) is 42.9 Å². The Balaban J connectivity index is 2.26. The number of rotatable bonds is 8. The summed E-state index contributed by atoms with van der Waals surface area (Å²) in [4.78, 5) is 24.6. The predicted molar refractivity (Wildman–Crippen MR) is 99.0 cm³/mol. The van der Waals surface area contributed by atoms with E-state index in [1.54, 1.807) is 0 Å². The third-order valence-corrected chi connectivity index (χ3v) is 5.37. The van der Waals surface area contributed by atoms with Crippen LogP contribution in [0.25, 0.3) is 10.2 Å².